The van der Waals surface area contributed by atoms with E-state index in [9.17, 15) is 13.2 Å². The molecule has 2 aliphatic heterocycles. The van der Waals surface area contributed by atoms with E-state index in [0.717, 1.165) is 28.7 Å². The number of nitrogens with two attached hydrogens (primary N) is 1. The van der Waals surface area contributed by atoms with Gasteiger partial charge in [-0.1, -0.05) is 12.1 Å². The summed E-state index contributed by atoms with van der Waals surface area (Å²) < 4.78 is 35.4. The Hall–Kier alpha value is -2.78. The van der Waals surface area contributed by atoms with Gasteiger partial charge in [-0.05, 0) is 42.7 Å². The summed E-state index contributed by atoms with van der Waals surface area (Å²) in [5.74, 6) is 0.884. The molecule has 0 radical (unpaired) electrons. The number of nitrogen functional groups attached to an aromatic ring is 1. The lowest BCUT2D eigenvalue weighted by Gasteiger charge is -2.36. The molecule has 0 bridgehead atoms. The molecule has 0 spiro atoms. The minimum absolute atomic E-state index is 0.146. The van der Waals surface area contributed by atoms with Gasteiger partial charge in [-0.25, -0.2) is 13.2 Å². The summed E-state index contributed by atoms with van der Waals surface area (Å²) in [5.41, 5.74) is 8.98. The number of rotatable bonds is 3. The largest absolute Gasteiger partial charge is 0.465 e. The van der Waals surface area contributed by atoms with Crippen LogP contribution in [0.25, 0.3) is 11.1 Å². The molecule has 0 saturated carbocycles. The third-order valence-corrected chi connectivity index (χ3v) is 6.77. The van der Waals surface area contributed by atoms with Crippen molar-refractivity contribution in [3.8, 4) is 16.9 Å². The van der Waals surface area contributed by atoms with Gasteiger partial charge >= 0.3 is 6.09 Å². The Balaban J connectivity index is 1.49. The van der Waals surface area contributed by atoms with Crippen LogP contribution in [0.4, 0.5) is 10.5 Å². The molecule has 160 valence electrons. The van der Waals surface area contributed by atoms with Crippen LogP contribution in [-0.2, 0) is 21.2 Å². The third kappa shape index (κ3) is 4.08. The highest BCUT2D eigenvalue weighted by molar-refractivity contribution is 7.90. The van der Waals surface area contributed by atoms with Crippen molar-refractivity contribution in [2.24, 2.45) is 5.92 Å². The van der Waals surface area contributed by atoms with Crippen LogP contribution in [0, 0.1) is 5.92 Å². The van der Waals surface area contributed by atoms with Crippen LogP contribution >= 0.6 is 0 Å². The molecular formula is C21H24N2O6S. The number of fused-ring (bicyclic) bond motifs is 1. The van der Waals surface area contributed by atoms with Gasteiger partial charge in [0.05, 0.1) is 11.5 Å². The highest BCUT2D eigenvalue weighted by Gasteiger charge is 2.33. The Morgan fingerprint density at radius 2 is 1.90 bits per heavy atom. The van der Waals surface area contributed by atoms with Crippen molar-refractivity contribution >= 4 is 21.6 Å². The number of carbonyl (C=O) groups is 1. The van der Waals surface area contributed by atoms with Crippen molar-refractivity contribution in [3.63, 3.8) is 0 Å². The average molecular weight is 432 g/mol. The fraction of sp³-hybridized carbons (Fsp3) is 0.381. The average Bonchev–Trinajstić information content (AvgIpc) is 2.72. The van der Waals surface area contributed by atoms with Crippen molar-refractivity contribution < 1.29 is 27.8 Å². The van der Waals surface area contributed by atoms with Gasteiger partial charge in [0.25, 0.3) is 0 Å². The zero-order chi connectivity index (χ0) is 21.5. The predicted octanol–water partition coefficient (Wildman–Crippen LogP) is 2.96. The molecule has 2 heterocycles. The third-order valence-electron chi connectivity index (χ3n) is 5.66. The summed E-state index contributed by atoms with van der Waals surface area (Å²) in [6.45, 7) is 1.35. The molecule has 4 rings (SSSR count). The molecule has 2 aromatic carbocycles. The van der Waals surface area contributed by atoms with Crippen molar-refractivity contribution in [2.45, 2.75) is 30.6 Å². The lowest BCUT2D eigenvalue weighted by molar-refractivity contribution is -0.148. The van der Waals surface area contributed by atoms with E-state index in [1.807, 2.05) is 18.2 Å². The SMILES string of the molecule is CS(=O)(=O)c1ccc(-c2ccc3c(c2)COC(C2CCN(C(=O)O)CC2)O3)c(N)c1. The van der Waals surface area contributed by atoms with E-state index in [1.54, 1.807) is 12.1 Å². The maximum Gasteiger partial charge on any atom is 0.407 e. The van der Waals surface area contributed by atoms with E-state index in [4.69, 9.17) is 20.3 Å². The molecule has 1 unspecified atom stereocenters. The molecule has 1 atom stereocenters. The standard InChI is InChI=1S/C21H24N2O6S/c1-30(26,27)16-3-4-17(18(22)11-16)14-2-5-19-15(10-14)12-28-20(29-19)13-6-8-23(9-7-13)21(24)25/h2-5,10-11,13,20H,6-9,12,22H2,1H3,(H,24,25). The molecule has 9 heteroatoms. The van der Waals surface area contributed by atoms with Gasteiger partial charge < -0.3 is 25.2 Å². The second-order valence-corrected chi connectivity index (χ2v) is 9.76. The monoisotopic (exact) mass is 432 g/mol. The van der Waals surface area contributed by atoms with Crippen LogP contribution < -0.4 is 10.5 Å². The van der Waals surface area contributed by atoms with E-state index in [0.29, 0.717) is 38.2 Å². The predicted molar refractivity (Wildman–Crippen MR) is 111 cm³/mol. The smallest absolute Gasteiger partial charge is 0.407 e. The van der Waals surface area contributed by atoms with E-state index >= 15 is 0 Å². The van der Waals surface area contributed by atoms with Crippen LogP contribution in [0.2, 0.25) is 0 Å². The molecular weight excluding hydrogens is 408 g/mol. The number of hydrogen-bond donors (Lipinski definition) is 2. The Morgan fingerprint density at radius 3 is 2.53 bits per heavy atom. The quantitative estimate of drug-likeness (QED) is 0.716. The fourth-order valence-electron chi connectivity index (χ4n) is 3.94. The van der Waals surface area contributed by atoms with Crippen molar-refractivity contribution in [1.29, 1.82) is 0 Å². The molecule has 8 nitrogen and oxygen atoms in total. The van der Waals surface area contributed by atoms with E-state index in [1.165, 1.54) is 11.0 Å². The summed E-state index contributed by atoms with van der Waals surface area (Å²) in [4.78, 5) is 12.7. The van der Waals surface area contributed by atoms with Crippen LogP contribution in [-0.4, -0.2) is 50.2 Å². The first-order valence-electron chi connectivity index (χ1n) is 9.71. The zero-order valence-corrected chi connectivity index (χ0v) is 17.4. The number of likely N-dealkylation sites (tertiary alicyclic amines) is 1. The minimum atomic E-state index is -3.32. The Morgan fingerprint density at radius 1 is 1.17 bits per heavy atom. The van der Waals surface area contributed by atoms with E-state index in [-0.39, 0.29) is 10.8 Å². The molecule has 2 aliphatic rings. The Kier molecular flexibility index (Phi) is 5.33. The van der Waals surface area contributed by atoms with E-state index < -0.39 is 22.2 Å². The van der Waals surface area contributed by atoms with Crippen molar-refractivity contribution in [1.82, 2.24) is 4.90 Å². The van der Waals surface area contributed by atoms with Crippen LogP contribution in [0.1, 0.15) is 18.4 Å². The van der Waals surface area contributed by atoms with Crippen molar-refractivity contribution in [3.05, 3.63) is 42.0 Å². The number of amides is 1. The van der Waals surface area contributed by atoms with Gasteiger partial charge in [-0.15, -0.1) is 0 Å². The Labute approximate surface area is 175 Å². The summed E-state index contributed by atoms with van der Waals surface area (Å²) in [7, 11) is -3.32. The molecule has 1 saturated heterocycles. The maximum absolute atomic E-state index is 11.7. The number of carboxylic acid groups (broad SMARTS) is 1. The molecule has 3 N–H and O–H groups in total. The summed E-state index contributed by atoms with van der Waals surface area (Å²) in [6.07, 6.45) is 1.28. The minimum Gasteiger partial charge on any atom is -0.465 e. The lowest BCUT2D eigenvalue weighted by Crippen LogP contribution is -2.43. The number of sulfone groups is 1. The molecule has 1 fully saturated rings. The first kappa shape index (κ1) is 20.5. The molecule has 1 amide bonds. The normalized spacial score (nSPS) is 19.8. The van der Waals surface area contributed by atoms with Crippen molar-refractivity contribution in [2.75, 3.05) is 25.1 Å². The topological polar surface area (TPSA) is 119 Å². The summed E-state index contributed by atoms with van der Waals surface area (Å²) >= 11 is 0. The summed E-state index contributed by atoms with van der Waals surface area (Å²) in [6, 6.07) is 10.4. The van der Waals surface area contributed by atoms with Gasteiger partial charge in [-0.3, -0.25) is 0 Å². The second kappa shape index (κ2) is 7.81. The molecule has 2 aromatic rings. The van der Waals surface area contributed by atoms with Crippen LogP contribution in [0.3, 0.4) is 0 Å². The lowest BCUT2D eigenvalue weighted by atomic mass is 9.95. The molecule has 30 heavy (non-hydrogen) atoms. The number of nitrogens with zero attached hydrogens (tertiary/aromatic N) is 1. The fourth-order valence-corrected chi connectivity index (χ4v) is 4.59. The first-order chi connectivity index (χ1) is 14.2. The number of ether oxygens (including phenoxy) is 2. The number of piperidine rings is 1. The Bertz CT molecular complexity index is 1080. The van der Waals surface area contributed by atoms with Gasteiger partial charge in [0, 0.05) is 42.1 Å². The number of hydrogen-bond acceptors (Lipinski definition) is 6. The second-order valence-electron chi connectivity index (χ2n) is 7.75. The van der Waals surface area contributed by atoms with Gasteiger partial charge in [0.2, 0.25) is 6.29 Å². The zero-order valence-electron chi connectivity index (χ0n) is 16.6. The highest BCUT2D eigenvalue weighted by atomic mass is 32.2. The molecule has 0 aliphatic carbocycles. The summed E-state index contributed by atoms with van der Waals surface area (Å²) in [5, 5.41) is 9.08. The maximum atomic E-state index is 11.7. The van der Waals surface area contributed by atoms with E-state index in [2.05, 4.69) is 0 Å². The highest BCUT2D eigenvalue weighted by Crippen LogP contribution is 2.36. The van der Waals surface area contributed by atoms with Gasteiger partial charge in [-0.2, -0.15) is 0 Å². The number of benzene rings is 2. The van der Waals surface area contributed by atoms with Crippen LogP contribution in [0.15, 0.2) is 41.3 Å². The number of anilines is 1. The van der Waals surface area contributed by atoms with Gasteiger partial charge in [0.1, 0.15) is 5.75 Å². The molecule has 0 aromatic heterocycles. The van der Waals surface area contributed by atoms with Crippen LogP contribution in [0.5, 0.6) is 5.75 Å². The van der Waals surface area contributed by atoms with Gasteiger partial charge in [0.15, 0.2) is 9.84 Å². The first-order valence-corrected chi connectivity index (χ1v) is 11.6.